The van der Waals surface area contributed by atoms with Gasteiger partial charge < -0.3 is 10.0 Å². The van der Waals surface area contributed by atoms with Crippen molar-refractivity contribution in [2.75, 3.05) is 13.1 Å². The Bertz CT molecular complexity index is 296. The fourth-order valence-electron chi connectivity index (χ4n) is 1.70. The van der Waals surface area contributed by atoms with Gasteiger partial charge in [0, 0.05) is 18.5 Å². The van der Waals surface area contributed by atoms with Crippen molar-refractivity contribution in [1.29, 1.82) is 0 Å². The average molecular weight is 211 g/mol. The number of carbonyl (C=O) groups is 2. The average Bonchev–Trinajstić information content (AvgIpc) is 2.47. The van der Waals surface area contributed by atoms with Gasteiger partial charge in [0.15, 0.2) is 0 Å². The van der Waals surface area contributed by atoms with E-state index in [2.05, 4.69) is 20.4 Å². The van der Waals surface area contributed by atoms with Crippen LogP contribution in [0.3, 0.4) is 0 Å². The summed E-state index contributed by atoms with van der Waals surface area (Å²) in [7, 11) is 0. The number of aliphatic carboxylic acids is 1. The molecular weight excluding hydrogens is 194 g/mol. The van der Waals surface area contributed by atoms with Crippen LogP contribution in [0.15, 0.2) is 12.2 Å². The van der Waals surface area contributed by atoms with E-state index in [9.17, 15) is 9.59 Å². The topological polar surface area (TPSA) is 57.6 Å². The molecule has 4 nitrogen and oxygen atoms in total. The third-order valence-electron chi connectivity index (χ3n) is 2.87. The molecule has 1 saturated heterocycles. The number of rotatable bonds is 4. The van der Waals surface area contributed by atoms with Crippen LogP contribution in [0.4, 0.5) is 0 Å². The Labute approximate surface area is 89.6 Å². The minimum atomic E-state index is -1.03. The highest BCUT2D eigenvalue weighted by atomic mass is 16.4. The molecule has 0 aromatic heterocycles. The van der Waals surface area contributed by atoms with Gasteiger partial charge >= 0.3 is 5.97 Å². The molecule has 0 radical (unpaired) electrons. The number of carbonyl (C=O) groups excluding carboxylic acids is 1. The highest BCUT2D eigenvalue weighted by Gasteiger charge is 2.31. The highest BCUT2D eigenvalue weighted by molar-refractivity contribution is 5.88. The first-order valence-electron chi connectivity index (χ1n) is 5.10. The molecule has 1 aliphatic rings. The largest absolute Gasteiger partial charge is 0.478 e. The number of hydrogen-bond donors (Lipinski definition) is 1. The Morgan fingerprint density at radius 2 is 2.27 bits per heavy atom. The summed E-state index contributed by atoms with van der Waals surface area (Å²) in [5.74, 6) is -0.192. The zero-order chi connectivity index (χ0) is 11.6. The van der Waals surface area contributed by atoms with E-state index in [1.54, 1.807) is 4.90 Å². The summed E-state index contributed by atoms with van der Waals surface area (Å²) in [6, 6.07) is 0. The Balaban J connectivity index is 2.55. The number of amides is 1. The minimum Gasteiger partial charge on any atom is -0.478 e. The lowest BCUT2D eigenvalue weighted by molar-refractivity contribution is -0.133. The second-order valence-corrected chi connectivity index (χ2v) is 4.39. The third-order valence-corrected chi connectivity index (χ3v) is 2.87. The minimum absolute atomic E-state index is 0.0381. The SMILES string of the molecule is C=C(CN1CC(C(C)C)CC1=O)C(=O)O. The predicted molar refractivity (Wildman–Crippen MR) is 56.3 cm³/mol. The molecule has 1 rings (SSSR count). The summed E-state index contributed by atoms with van der Waals surface area (Å²) in [6.45, 7) is 8.39. The van der Waals surface area contributed by atoms with Gasteiger partial charge in [-0.25, -0.2) is 4.79 Å². The van der Waals surface area contributed by atoms with Gasteiger partial charge in [-0.1, -0.05) is 20.4 Å². The van der Waals surface area contributed by atoms with E-state index >= 15 is 0 Å². The maximum Gasteiger partial charge on any atom is 0.332 e. The molecule has 84 valence electrons. The van der Waals surface area contributed by atoms with Crippen molar-refractivity contribution in [2.45, 2.75) is 20.3 Å². The quantitative estimate of drug-likeness (QED) is 0.709. The van der Waals surface area contributed by atoms with Crippen LogP contribution in [-0.4, -0.2) is 35.0 Å². The van der Waals surface area contributed by atoms with E-state index in [0.717, 1.165) is 0 Å². The molecule has 15 heavy (non-hydrogen) atoms. The molecule has 0 aliphatic carbocycles. The van der Waals surface area contributed by atoms with Crippen molar-refractivity contribution < 1.29 is 14.7 Å². The van der Waals surface area contributed by atoms with E-state index < -0.39 is 5.97 Å². The summed E-state index contributed by atoms with van der Waals surface area (Å²) in [4.78, 5) is 23.7. The van der Waals surface area contributed by atoms with Crippen LogP contribution in [0.5, 0.6) is 0 Å². The van der Waals surface area contributed by atoms with Gasteiger partial charge in [-0.2, -0.15) is 0 Å². The van der Waals surface area contributed by atoms with Crippen molar-refractivity contribution in [2.24, 2.45) is 11.8 Å². The molecule has 0 saturated carbocycles. The van der Waals surface area contributed by atoms with E-state index in [0.29, 0.717) is 24.8 Å². The zero-order valence-electron chi connectivity index (χ0n) is 9.19. The molecule has 0 bridgehead atoms. The van der Waals surface area contributed by atoms with Crippen molar-refractivity contribution >= 4 is 11.9 Å². The summed E-state index contributed by atoms with van der Waals surface area (Å²) < 4.78 is 0. The number of likely N-dealkylation sites (tertiary alicyclic amines) is 1. The zero-order valence-corrected chi connectivity index (χ0v) is 9.19. The van der Waals surface area contributed by atoms with Gasteiger partial charge in [-0.15, -0.1) is 0 Å². The summed E-state index contributed by atoms with van der Waals surface area (Å²) in [5.41, 5.74) is 0.0766. The molecule has 0 spiro atoms. The van der Waals surface area contributed by atoms with Gasteiger partial charge in [-0.05, 0) is 11.8 Å². The lowest BCUT2D eigenvalue weighted by Crippen LogP contribution is -2.29. The molecule has 4 heteroatoms. The molecule has 0 aromatic rings. The van der Waals surface area contributed by atoms with E-state index in [1.165, 1.54) is 0 Å². The molecule has 1 N–H and O–H groups in total. The van der Waals surface area contributed by atoms with Crippen molar-refractivity contribution in [3.63, 3.8) is 0 Å². The van der Waals surface area contributed by atoms with Crippen molar-refractivity contribution in [3.05, 3.63) is 12.2 Å². The van der Waals surface area contributed by atoms with Gasteiger partial charge in [0.25, 0.3) is 0 Å². The van der Waals surface area contributed by atoms with Crippen LogP contribution in [0.1, 0.15) is 20.3 Å². The standard InChI is InChI=1S/C11H17NO3/c1-7(2)9-4-10(13)12(6-9)5-8(3)11(14)15/h7,9H,3-6H2,1-2H3,(H,14,15). The first-order chi connectivity index (χ1) is 6.91. The lowest BCUT2D eigenvalue weighted by Gasteiger charge is -2.17. The molecule has 1 aliphatic heterocycles. The van der Waals surface area contributed by atoms with Crippen LogP contribution >= 0.6 is 0 Å². The first kappa shape index (κ1) is 11.8. The monoisotopic (exact) mass is 211 g/mol. The van der Waals surface area contributed by atoms with Crippen molar-refractivity contribution in [1.82, 2.24) is 4.90 Å². The third kappa shape index (κ3) is 2.81. The number of carboxylic acid groups (broad SMARTS) is 1. The normalized spacial score (nSPS) is 21.1. The van der Waals surface area contributed by atoms with E-state index in [4.69, 9.17) is 5.11 Å². The Hall–Kier alpha value is -1.32. The van der Waals surface area contributed by atoms with Gasteiger partial charge in [0.1, 0.15) is 0 Å². The van der Waals surface area contributed by atoms with E-state index in [-0.39, 0.29) is 18.0 Å². The van der Waals surface area contributed by atoms with Gasteiger partial charge in [0.05, 0.1) is 6.54 Å². The van der Waals surface area contributed by atoms with Crippen LogP contribution in [0.2, 0.25) is 0 Å². The van der Waals surface area contributed by atoms with Crippen LogP contribution in [0.25, 0.3) is 0 Å². The molecular formula is C11H17NO3. The van der Waals surface area contributed by atoms with Crippen molar-refractivity contribution in [3.8, 4) is 0 Å². The molecule has 1 atom stereocenters. The maximum absolute atomic E-state index is 11.5. The Morgan fingerprint density at radius 1 is 1.67 bits per heavy atom. The lowest BCUT2D eigenvalue weighted by atomic mass is 9.95. The molecule has 1 fully saturated rings. The maximum atomic E-state index is 11.5. The van der Waals surface area contributed by atoms with E-state index in [1.807, 2.05) is 0 Å². The summed E-state index contributed by atoms with van der Waals surface area (Å²) in [5, 5.41) is 8.67. The van der Waals surface area contributed by atoms with Crippen LogP contribution in [0, 0.1) is 11.8 Å². The van der Waals surface area contributed by atoms with Crippen LogP contribution < -0.4 is 0 Å². The molecule has 1 heterocycles. The first-order valence-corrected chi connectivity index (χ1v) is 5.10. The number of hydrogen-bond acceptors (Lipinski definition) is 2. The fourth-order valence-corrected chi connectivity index (χ4v) is 1.70. The van der Waals surface area contributed by atoms with Crippen LogP contribution in [-0.2, 0) is 9.59 Å². The fraction of sp³-hybridized carbons (Fsp3) is 0.636. The van der Waals surface area contributed by atoms with Gasteiger partial charge in [-0.3, -0.25) is 4.79 Å². The molecule has 1 amide bonds. The molecule has 0 aromatic carbocycles. The Morgan fingerprint density at radius 3 is 2.67 bits per heavy atom. The van der Waals surface area contributed by atoms with Gasteiger partial charge in [0.2, 0.25) is 5.91 Å². The second-order valence-electron chi connectivity index (χ2n) is 4.39. The predicted octanol–water partition coefficient (Wildman–Crippen LogP) is 1.13. The summed E-state index contributed by atoms with van der Waals surface area (Å²) in [6.07, 6.45) is 0.532. The summed E-state index contributed by atoms with van der Waals surface area (Å²) >= 11 is 0. The number of carboxylic acids is 1. The highest BCUT2D eigenvalue weighted by Crippen LogP contribution is 2.25. The molecule has 1 unspecified atom stereocenters. The number of nitrogens with zero attached hydrogens (tertiary/aromatic N) is 1. The smallest absolute Gasteiger partial charge is 0.332 e. The second kappa shape index (κ2) is 4.47. The Kier molecular flexibility index (Phi) is 3.50.